The summed E-state index contributed by atoms with van der Waals surface area (Å²) >= 11 is 0. The Labute approximate surface area is 224 Å². The van der Waals surface area contributed by atoms with Crippen LogP contribution in [-0.2, 0) is 26.2 Å². The zero-order valence-corrected chi connectivity index (χ0v) is 22.9. The number of halogens is 1. The van der Waals surface area contributed by atoms with Crippen LogP contribution >= 0.6 is 0 Å². The molecule has 3 aromatic carbocycles. The lowest BCUT2D eigenvalue weighted by Gasteiger charge is -2.32. The highest BCUT2D eigenvalue weighted by Crippen LogP contribution is 2.25. The molecule has 3 rings (SSSR count). The highest BCUT2D eigenvalue weighted by atomic mass is 32.2. The van der Waals surface area contributed by atoms with Gasteiger partial charge in [0.15, 0.2) is 0 Å². The third-order valence-electron chi connectivity index (χ3n) is 6.08. The van der Waals surface area contributed by atoms with Crippen LogP contribution in [0.2, 0.25) is 0 Å². The molecule has 1 N–H and O–H groups in total. The van der Waals surface area contributed by atoms with Gasteiger partial charge in [0.1, 0.15) is 18.4 Å². The Balaban J connectivity index is 1.99. The molecule has 9 heteroatoms. The Kier molecular flexibility index (Phi) is 9.63. The molecule has 0 fully saturated rings. The van der Waals surface area contributed by atoms with Gasteiger partial charge >= 0.3 is 0 Å². The van der Waals surface area contributed by atoms with Crippen molar-refractivity contribution in [2.75, 3.05) is 17.4 Å². The topological polar surface area (TPSA) is 86.8 Å². The summed E-state index contributed by atoms with van der Waals surface area (Å²) in [6, 6.07) is 19.7. The van der Waals surface area contributed by atoms with Crippen molar-refractivity contribution >= 4 is 27.5 Å². The number of amides is 2. The number of hydrogen-bond acceptors (Lipinski definition) is 4. The number of aryl methyl sites for hydroxylation is 1. The second kappa shape index (κ2) is 12.7. The molecule has 0 bridgehead atoms. The first-order chi connectivity index (χ1) is 18.0. The van der Waals surface area contributed by atoms with E-state index in [0.29, 0.717) is 12.2 Å². The fraction of sp³-hybridized carbons (Fsp3) is 0.310. The van der Waals surface area contributed by atoms with Crippen molar-refractivity contribution in [1.82, 2.24) is 10.2 Å². The first kappa shape index (κ1) is 28.8. The highest BCUT2D eigenvalue weighted by Gasteiger charge is 2.32. The van der Waals surface area contributed by atoms with Crippen LogP contribution in [0.4, 0.5) is 10.1 Å². The maximum absolute atomic E-state index is 14.6. The summed E-state index contributed by atoms with van der Waals surface area (Å²) in [4.78, 5) is 28.0. The van der Waals surface area contributed by atoms with E-state index in [1.807, 2.05) is 20.8 Å². The van der Waals surface area contributed by atoms with Gasteiger partial charge in [-0.2, -0.15) is 0 Å². The average Bonchev–Trinajstić information content (AvgIpc) is 2.90. The van der Waals surface area contributed by atoms with Gasteiger partial charge in [-0.05, 0) is 50.1 Å². The molecular weight excluding hydrogens is 505 g/mol. The van der Waals surface area contributed by atoms with Crippen molar-refractivity contribution in [3.63, 3.8) is 0 Å². The van der Waals surface area contributed by atoms with Crippen LogP contribution in [0.15, 0.2) is 83.8 Å². The van der Waals surface area contributed by atoms with E-state index in [0.717, 1.165) is 9.87 Å². The Morgan fingerprint density at radius 2 is 1.50 bits per heavy atom. The molecule has 0 heterocycles. The second-order valence-corrected chi connectivity index (χ2v) is 11.5. The third kappa shape index (κ3) is 7.19. The molecule has 0 unspecified atom stereocenters. The molecule has 0 spiro atoms. The van der Waals surface area contributed by atoms with Crippen molar-refractivity contribution in [3.05, 3.63) is 95.8 Å². The van der Waals surface area contributed by atoms with Gasteiger partial charge in [0.05, 0.1) is 10.6 Å². The lowest BCUT2D eigenvalue weighted by Crippen LogP contribution is -2.51. The number of nitrogens with zero attached hydrogens (tertiary/aromatic N) is 2. The maximum Gasteiger partial charge on any atom is 0.264 e. The molecular formula is C29H34FN3O4S. The van der Waals surface area contributed by atoms with Gasteiger partial charge in [-0.25, -0.2) is 12.8 Å². The molecule has 0 aliphatic heterocycles. The van der Waals surface area contributed by atoms with Crippen molar-refractivity contribution in [1.29, 1.82) is 0 Å². The first-order valence-corrected chi connectivity index (χ1v) is 13.9. The van der Waals surface area contributed by atoms with Gasteiger partial charge in [-0.15, -0.1) is 0 Å². The second-order valence-electron chi connectivity index (χ2n) is 9.59. The average molecular weight is 540 g/mol. The molecule has 0 aromatic heterocycles. The van der Waals surface area contributed by atoms with Crippen LogP contribution in [0.5, 0.6) is 0 Å². The molecule has 0 saturated heterocycles. The molecule has 1 atom stereocenters. The predicted molar refractivity (Wildman–Crippen MR) is 146 cm³/mol. The summed E-state index contributed by atoms with van der Waals surface area (Å²) in [5.74, 6) is -1.38. The lowest BCUT2D eigenvalue weighted by atomic mass is 10.1. The van der Waals surface area contributed by atoms with E-state index < -0.39 is 40.2 Å². The van der Waals surface area contributed by atoms with Crippen molar-refractivity contribution in [3.8, 4) is 0 Å². The first-order valence-electron chi connectivity index (χ1n) is 12.5. The summed E-state index contributed by atoms with van der Waals surface area (Å²) in [7, 11) is -4.14. The van der Waals surface area contributed by atoms with E-state index in [2.05, 4.69) is 5.32 Å². The number of rotatable bonds is 11. The normalized spacial score (nSPS) is 12.2. The largest absolute Gasteiger partial charge is 0.354 e. The minimum Gasteiger partial charge on any atom is -0.354 e. The number of anilines is 1. The Morgan fingerprint density at radius 1 is 0.895 bits per heavy atom. The van der Waals surface area contributed by atoms with Gasteiger partial charge in [-0.1, -0.05) is 67.9 Å². The van der Waals surface area contributed by atoms with Crippen LogP contribution in [0, 0.1) is 18.7 Å². The fourth-order valence-electron chi connectivity index (χ4n) is 3.81. The summed E-state index contributed by atoms with van der Waals surface area (Å²) in [6.07, 6.45) is 0. The SMILES string of the molecule is Cc1ccc(S(=O)(=O)N(CC(=O)N(Cc2ccccc2F)[C@H](C)C(=O)NCC(C)C)c2ccccc2)cc1. The smallest absolute Gasteiger partial charge is 0.264 e. The van der Waals surface area contributed by atoms with E-state index >= 15 is 0 Å². The number of carbonyl (C=O) groups excluding carboxylic acids is 2. The summed E-state index contributed by atoms with van der Waals surface area (Å²) < 4.78 is 43.0. The quantitative estimate of drug-likeness (QED) is 0.388. The van der Waals surface area contributed by atoms with Crippen molar-refractivity contribution in [2.45, 2.75) is 45.2 Å². The zero-order chi connectivity index (χ0) is 27.9. The van der Waals surface area contributed by atoms with E-state index in [9.17, 15) is 22.4 Å². The molecule has 0 saturated carbocycles. The van der Waals surface area contributed by atoms with E-state index in [1.165, 1.54) is 35.2 Å². The molecule has 202 valence electrons. The molecule has 7 nitrogen and oxygen atoms in total. The minimum absolute atomic E-state index is 0.0307. The van der Waals surface area contributed by atoms with Crippen molar-refractivity contribution in [2.24, 2.45) is 5.92 Å². The number of sulfonamides is 1. The van der Waals surface area contributed by atoms with Gasteiger partial charge in [-0.3, -0.25) is 13.9 Å². The number of hydrogen-bond donors (Lipinski definition) is 1. The molecule has 3 aromatic rings. The van der Waals surface area contributed by atoms with E-state index in [1.54, 1.807) is 55.5 Å². The lowest BCUT2D eigenvalue weighted by molar-refractivity contribution is -0.139. The van der Waals surface area contributed by atoms with E-state index in [4.69, 9.17) is 0 Å². The van der Waals surface area contributed by atoms with E-state index in [-0.39, 0.29) is 22.9 Å². The van der Waals surface area contributed by atoms with Crippen LogP contribution < -0.4 is 9.62 Å². The molecule has 0 radical (unpaired) electrons. The summed E-state index contributed by atoms with van der Waals surface area (Å²) in [5, 5.41) is 2.81. The van der Waals surface area contributed by atoms with Crippen LogP contribution in [0.25, 0.3) is 0 Å². The Hall–Kier alpha value is -3.72. The van der Waals surface area contributed by atoms with Gasteiger partial charge in [0.2, 0.25) is 11.8 Å². The summed E-state index contributed by atoms with van der Waals surface area (Å²) in [5.41, 5.74) is 1.41. The highest BCUT2D eigenvalue weighted by molar-refractivity contribution is 7.92. The summed E-state index contributed by atoms with van der Waals surface area (Å²) in [6.45, 7) is 6.92. The van der Waals surface area contributed by atoms with Gasteiger partial charge in [0.25, 0.3) is 10.0 Å². The molecule has 0 aliphatic carbocycles. The van der Waals surface area contributed by atoms with Crippen molar-refractivity contribution < 1.29 is 22.4 Å². The predicted octanol–water partition coefficient (Wildman–Crippen LogP) is 4.52. The van der Waals surface area contributed by atoms with Crippen LogP contribution in [0.3, 0.4) is 0 Å². The van der Waals surface area contributed by atoms with Crippen LogP contribution in [-0.4, -0.2) is 44.3 Å². The van der Waals surface area contributed by atoms with Crippen LogP contribution in [0.1, 0.15) is 31.9 Å². The molecule has 38 heavy (non-hydrogen) atoms. The zero-order valence-electron chi connectivity index (χ0n) is 22.1. The monoisotopic (exact) mass is 539 g/mol. The molecule has 2 amide bonds. The maximum atomic E-state index is 14.6. The number of nitrogens with one attached hydrogen (secondary N) is 1. The third-order valence-corrected chi connectivity index (χ3v) is 7.87. The standard InChI is InChI=1S/C29H34FN3O4S/c1-21(2)18-31-29(35)23(4)32(19-24-10-8-9-13-27(24)30)28(34)20-33(25-11-6-5-7-12-25)38(36,37)26-16-14-22(3)15-17-26/h5-17,21,23H,18-20H2,1-4H3,(H,31,35)/t23-/m1/s1. The van der Waals surface area contributed by atoms with Gasteiger partial charge in [0, 0.05) is 18.7 Å². The van der Waals surface area contributed by atoms with Gasteiger partial charge < -0.3 is 10.2 Å². The molecule has 0 aliphatic rings. The number of carbonyl (C=O) groups is 2. The number of benzene rings is 3. The Bertz CT molecular complexity index is 1350. The fourth-order valence-corrected chi connectivity index (χ4v) is 5.22. The Morgan fingerprint density at radius 3 is 2.11 bits per heavy atom. The minimum atomic E-state index is -4.14. The number of para-hydroxylation sites is 1.